The van der Waals surface area contributed by atoms with Gasteiger partial charge in [0.25, 0.3) is 5.91 Å². The Morgan fingerprint density at radius 3 is 2.52 bits per heavy atom. The Bertz CT molecular complexity index is 764. The highest BCUT2D eigenvalue weighted by atomic mass is 35.5. The van der Waals surface area contributed by atoms with Gasteiger partial charge in [-0.2, -0.15) is 0 Å². The van der Waals surface area contributed by atoms with Gasteiger partial charge in [0.15, 0.2) is 6.61 Å². The molecule has 0 spiro atoms. The number of hydrogen-bond donors (Lipinski definition) is 0. The van der Waals surface area contributed by atoms with Crippen LogP contribution in [0.4, 0.5) is 10.1 Å². The highest BCUT2D eigenvalue weighted by molar-refractivity contribution is 6.35. The largest absolute Gasteiger partial charge is 0.482 e. The van der Waals surface area contributed by atoms with Crippen molar-refractivity contribution in [3.8, 4) is 5.75 Å². The molecule has 1 amide bonds. The second-order valence-electron chi connectivity index (χ2n) is 5.71. The van der Waals surface area contributed by atoms with Crippen LogP contribution in [0.3, 0.4) is 0 Å². The van der Waals surface area contributed by atoms with Crippen molar-refractivity contribution < 1.29 is 13.9 Å². The molecule has 4 nitrogen and oxygen atoms in total. The van der Waals surface area contributed by atoms with Crippen LogP contribution in [0.15, 0.2) is 42.5 Å². The minimum Gasteiger partial charge on any atom is -0.482 e. The number of carbonyl (C=O) groups is 1. The van der Waals surface area contributed by atoms with Crippen LogP contribution >= 0.6 is 23.2 Å². The quantitative estimate of drug-likeness (QED) is 0.804. The number of carbonyl (C=O) groups excluding carboxylic acids is 1. The van der Waals surface area contributed by atoms with E-state index in [0.717, 1.165) is 5.69 Å². The van der Waals surface area contributed by atoms with Gasteiger partial charge in [-0.3, -0.25) is 4.79 Å². The van der Waals surface area contributed by atoms with Gasteiger partial charge in [0.1, 0.15) is 11.6 Å². The minimum atomic E-state index is -0.260. The molecule has 0 bridgehead atoms. The fraction of sp³-hybridized carbons (Fsp3) is 0.278. The van der Waals surface area contributed by atoms with Crippen LogP contribution < -0.4 is 9.64 Å². The predicted molar refractivity (Wildman–Crippen MR) is 97.2 cm³/mol. The molecule has 3 rings (SSSR count). The van der Waals surface area contributed by atoms with Crippen LogP contribution in [-0.2, 0) is 4.79 Å². The lowest BCUT2D eigenvalue weighted by Gasteiger charge is -2.36. The maximum absolute atomic E-state index is 13.3. The van der Waals surface area contributed by atoms with E-state index in [-0.39, 0.29) is 18.3 Å². The summed E-state index contributed by atoms with van der Waals surface area (Å²) in [6.45, 7) is 2.34. The molecule has 1 aliphatic heterocycles. The summed E-state index contributed by atoms with van der Waals surface area (Å²) in [4.78, 5) is 16.1. The van der Waals surface area contributed by atoms with Crippen molar-refractivity contribution in [1.82, 2.24) is 4.90 Å². The topological polar surface area (TPSA) is 32.8 Å². The molecule has 1 heterocycles. The van der Waals surface area contributed by atoms with Crippen molar-refractivity contribution in [3.05, 3.63) is 58.3 Å². The van der Waals surface area contributed by atoms with Crippen LogP contribution in [-0.4, -0.2) is 43.6 Å². The number of nitrogens with zero attached hydrogens (tertiary/aromatic N) is 2. The van der Waals surface area contributed by atoms with Crippen molar-refractivity contribution in [1.29, 1.82) is 0 Å². The number of piperazine rings is 1. The van der Waals surface area contributed by atoms with Gasteiger partial charge >= 0.3 is 0 Å². The smallest absolute Gasteiger partial charge is 0.260 e. The molecule has 2 aromatic rings. The summed E-state index contributed by atoms with van der Waals surface area (Å²) >= 11 is 11.9. The first-order valence-corrected chi connectivity index (χ1v) is 8.64. The molecular formula is C18H17Cl2FN2O2. The zero-order chi connectivity index (χ0) is 17.8. The number of amides is 1. The van der Waals surface area contributed by atoms with Gasteiger partial charge in [0.2, 0.25) is 0 Å². The highest BCUT2D eigenvalue weighted by Gasteiger charge is 2.22. The van der Waals surface area contributed by atoms with Crippen molar-refractivity contribution in [2.45, 2.75) is 0 Å². The number of rotatable bonds is 4. The lowest BCUT2D eigenvalue weighted by atomic mass is 10.2. The standard InChI is InChI=1S/C18H17Cl2FN2O2/c19-13-4-5-17(16(20)10-13)25-12-18(24)23-8-6-22(7-9-23)15-3-1-2-14(21)11-15/h1-5,10-11H,6-9,12H2. The summed E-state index contributed by atoms with van der Waals surface area (Å²) in [5, 5.41) is 0.883. The van der Waals surface area contributed by atoms with E-state index >= 15 is 0 Å². The van der Waals surface area contributed by atoms with Crippen LogP contribution in [0.1, 0.15) is 0 Å². The second kappa shape index (κ2) is 7.93. The second-order valence-corrected chi connectivity index (χ2v) is 6.55. The average molecular weight is 383 g/mol. The molecule has 0 radical (unpaired) electrons. The van der Waals surface area contributed by atoms with E-state index in [2.05, 4.69) is 4.90 Å². The molecule has 1 fully saturated rings. The van der Waals surface area contributed by atoms with Gasteiger partial charge in [-0.25, -0.2) is 4.39 Å². The Kier molecular flexibility index (Phi) is 5.66. The monoisotopic (exact) mass is 382 g/mol. The summed E-state index contributed by atoms with van der Waals surface area (Å²) in [5.74, 6) is 0.0620. The van der Waals surface area contributed by atoms with E-state index < -0.39 is 0 Å². The Balaban J connectivity index is 1.51. The van der Waals surface area contributed by atoms with E-state index in [1.807, 2.05) is 6.07 Å². The maximum atomic E-state index is 13.3. The Hall–Kier alpha value is -1.98. The normalized spacial score (nSPS) is 14.5. The maximum Gasteiger partial charge on any atom is 0.260 e. The molecule has 25 heavy (non-hydrogen) atoms. The molecule has 132 valence electrons. The van der Waals surface area contributed by atoms with Crippen LogP contribution in [0.2, 0.25) is 10.0 Å². The van der Waals surface area contributed by atoms with Gasteiger partial charge in [-0.1, -0.05) is 29.3 Å². The highest BCUT2D eigenvalue weighted by Crippen LogP contribution is 2.27. The van der Waals surface area contributed by atoms with E-state index in [4.69, 9.17) is 27.9 Å². The zero-order valence-electron chi connectivity index (χ0n) is 13.4. The fourth-order valence-electron chi connectivity index (χ4n) is 2.71. The number of benzene rings is 2. The van der Waals surface area contributed by atoms with Crippen molar-refractivity contribution in [3.63, 3.8) is 0 Å². The molecule has 0 aromatic heterocycles. The Labute approximate surface area is 155 Å². The number of hydrogen-bond acceptors (Lipinski definition) is 3. The molecule has 0 atom stereocenters. The average Bonchev–Trinajstić information content (AvgIpc) is 2.61. The summed E-state index contributed by atoms with van der Waals surface area (Å²) in [7, 11) is 0. The van der Waals surface area contributed by atoms with Crippen molar-refractivity contribution in [2.24, 2.45) is 0 Å². The third-order valence-electron chi connectivity index (χ3n) is 4.05. The molecule has 2 aromatic carbocycles. The first kappa shape index (κ1) is 17.8. The molecule has 7 heteroatoms. The van der Waals surface area contributed by atoms with Gasteiger partial charge in [0, 0.05) is 36.9 Å². The van der Waals surface area contributed by atoms with Crippen LogP contribution in [0.5, 0.6) is 5.75 Å². The zero-order valence-corrected chi connectivity index (χ0v) is 14.9. The number of ether oxygens (including phenoxy) is 1. The van der Waals surface area contributed by atoms with Crippen LogP contribution in [0.25, 0.3) is 0 Å². The molecule has 1 saturated heterocycles. The summed E-state index contributed by atoms with van der Waals surface area (Å²) in [6, 6.07) is 11.3. The third kappa shape index (κ3) is 4.55. The van der Waals surface area contributed by atoms with E-state index in [0.29, 0.717) is 42.0 Å². The van der Waals surface area contributed by atoms with E-state index in [1.54, 1.807) is 29.2 Å². The molecule has 0 N–H and O–H groups in total. The number of halogens is 3. The Morgan fingerprint density at radius 2 is 1.84 bits per heavy atom. The van der Waals surface area contributed by atoms with Gasteiger partial charge in [0.05, 0.1) is 5.02 Å². The first-order valence-electron chi connectivity index (χ1n) is 7.89. The summed E-state index contributed by atoms with van der Waals surface area (Å²) in [5.41, 5.74) is 0.830. The third-order valence-corrected chi connectivity index (χ3v) is 4.58. The molecule has 1 aliphatic rings. The lowest BCUT2D eigenvalue weighted by Crippen LogP contribution is -2.50. The first-order chi connectivity index (χ1) is 12.0. The number of anilines is 1. The lowest BCUT2D eigenvalue weighted by molar-refractivity contribution is -0.133. The minimum absolute atomic E-state index is 0.0820. The van der Waals surface area contributed by atoms with Gasteiger partial charge in [-0.05, 0) is 36.4 Å². The molecule has 0 saturated carbocycles. The summed E-state index contributed by atoms with van der Waals surface area (Å²) < 4.78 is 18.8. The predicted octanol–water partition coefficient (Wildman–Crippen LogP) is 3.86. The van der Waals surface area contributed by atoms with E-state index in [9.17, 15) is 9.18 Å². The van der Waals surface area contributed by atoms with Gasteiger partial charge < -0.3 is 14.5 Å². The van der Waals surface area contributed by atoms with Crippen molar-refractivity contribution in [2.75, 3.05) is 37.7 Å². The molecule has 0 aliphatic carbocycles. The molecular weight excluding hydrogens is 366 g/mol. The molecule has 0 unspecified atom stereocenters. The van der Waals surface area contributed by atoms with Gasteiger partial charge in [-0.15, -0.1) is 0 Å². The fourth-order valence-corrected chi connectivity index (χ4v) is 3.17. The Morgan fingerprint density at radius 1 is 1.08 bits per heavy atom. The van der Waals surface area contributed by atoms with E-state index in [1.165, 1.54) is 12.1 Å². The van der Waals surface area contributed by atoms with Crippen LogP contribution in [0, 0.1) is 5.82 Å². The summed E-state index contributed by atoms with van der Waals surface area (Å²) in [6.07, 6.45) is 0. The SMILES string of the molecule is O=C(COc1ccc(Cl)cc1Cl)N1CCN(c2cccc(F)c2)CC1. The van der Waals surface area contributed by atoms with Crippen molar-refractivity contribution >= 4 is 34.8 Å².